The number of nitrogens with one attached hydrogen (secondary N) is 1. The maximum absolute atomic E-state index is 12.0. The van der Waals surface area contributed by atoms with Crippen molar-refractivity contribution in [3.8, 4) is 5.75 Å². The lowest BCUT2D eigenvalue weighted by molar-refractivity contribution is -0.117. The summed E-state index contributed by atoms with van der Waals surface area (Å²) >= 11 is 3.42. The lowest BCUT2D eigenvalue weighted by Crippen LogP contribution is -2.25. The first kappa shape index (κ1) is 13.9. The van der Waals surface area contributed by atoms with Gasteiger partial charge in [-0.25, -0.2) is 0 Å². The van der Waals surface area contributed by atoms with E-state index in [4.69, 9.17) is 4.74 Å². The molecular formula is C15H16BrNO2. The third-order valence-electron chi connectivity index (χ3n) is 2.80. The maximum Gasteiger partial charge on any atom is 0.251 e. The average molecular weight is 322 g/mol. The summed E-state index contributed by atoms with van der Waals surface area (Å²) in [5.41, 5.74) is 1.49. The number of carbonyl (C=O) groups is 1. The second-order valence-electron chi connectivity index (χ2n) is 4.31. The minimum atomic E-state index is -0.0684. The van der Waals surface area contributed by atoms with Crippen LogP contribution in [-0.4, -0.2) is 12.5 Å². The van der Waals surface area contributed by atoms with Crippen LogP contribution in [0.3, 0.4) is 0 Å². The van der Waals surface area contributed by atoms with Gasteiger partial charge in [-0.05, 0) is 36.8 Å². The molecule has 1 aromatic rings. The molecule has 3 nitrogen and oxygen atoms in total. The van der Waals surface area contributed by atoms with Gasteiger partial charge in [0.15, 0.2) is 0 Å². The standard InChI is InChI=1S/C15H16BrNO2/c1-2-3-7-17-15(18)11-6-8-19-14-5-4-13(16)10-12(14)9-11/h4-6,8-10H,2-3,7H2,1H3,(H,17,18). The van der Waals surface area contributed by atoms with E-state index in [9.17, 15) is 4.79 Å². The van der Waals surface area contributed by atoms with E-state index >= 15 is 0 Å². The summed E-state index contributed by atoms with van der Waals surface area (Å²) in [6.45, 7) is 2.80. The Kier molecular flexibility index (Phi) is 4.80. The molecular weight excluding hydrogens is 306 g/mol. The van der Waals surface area contributed by atoms with E-state index in [1.165, 1.54) is 0 Å². The highest BCUT2D eigenvalue weighted by molar-refractivity contribution is 9.10. The summed E-state index contributed by atoms with van der Waals surface area (Å²) in [7, 11) is 0. The zero-order valence-electron chi connectivity index (χ0n) is 10.8. The fourth-order valence-electron chi connectivity index (χ4n) is 1.76. The fraction of sp³-hybridized carbons (Fsp3) is 0.267. The molecule has 0 saturated carbocycles. The molecule has 1 heterocycles. The van der Waals surface area contributed by atoms with Gasteiger partial charge >= 0.3 is 0 Å². The van der Waals surface area contributed by atoms with Crippen molar-refractivity contribution < 1.29 is 9.53 Å². The Hall–Kier alpha value is -1.55. The van der Waals surface area contributed by atoms with Crippen LogP contribution >= 0.6 is 15.9 Å². The molecule has 0 saturated heterocycles. The predicted molar refractivity (Wildman–Crippen MR) is 79.8 cm³/mol. The Balaban J connectivity index is 2.19. The molecule has 1 N–H and O–H groups in total. The first-order valence-electron chi connectivity index (χ1n) is 6.33. The molecule has 0 unspecified atom stereocenters. The molecule has 4 heteroatoms. The molecule has 1 aliphatic rings. The van der Waals surface area contributed by atoms with E-state index in [-0.39, 0.29) is 5.91 Å². The zero-order valence-corrected chi connectivity index (χ0v) is 12.4. The highest BCUT2D eigenvalue weighted by Gasteiger charge is 2.11. The molecule has 0 spiro atoms. The lowest BCUT2D eigenvalue weighted by atomic mass is 10.1. The maximum atomic E-state index is 12.0. The summed E-state index contributed by atoms with van der Waals surface area (Å²) < 4.78 is 6.43. The number of amides is 1. The van der Waals surface area contributed by atoms with Gasteiger partial charge < -0.3 is 10.1 Å². The van der Waals surface area contributed by atoms with E-state index in [0.717, 1.165) is 28.6 Å². The van der Waals surface area contributed by atoms with Crippen LogP contribution in [0.25, 0.3) is 6.08 Å². The second kappa shape index (κ2) is 6.57. The van der Waals surface area contributed by atoms with Crippen molar-refractivity contribution in [3.05, 3.63) is 46.1 Å². The van der Waals surface area contributed by atoms with E-state index in [0.29, 0.717) is 12.1 Å². The van der Waals surface area contributed by atoms with Gasteiger partial charge in [0.1, 0.15) is 5.75 Å². The number of benzene rings is 1. The Bertz CT molecular complexity index is 535. The number of unbranched alkanes of at least 4 members (excludes halogenated alkanes) is 1. The van der Waals surface area contributed by atoms with Crippen molar-refractivity contribution >= 4 is 27.9 Å². The Morgan fingerprint density at radius 2 is 2.26 bits per heavy atom. The quantitative estimate of drug-likeness (QED) is 0.859. The molecule has 0 aliphatic carbocycles. The van der Waals surface area contributed by atoms with Gasteiger partial charge in [0.2, 0.25) is 0 Å². The Morgan fingerprint density at radius 3 is 3.05 bits per heavy atom. The fourth-order valence-corrected chi connectivity index (χ4v) is 2.14. The van der Waals surface area contributed by atoms with Crippen molar-refractivity contribution in [2.75, 3.05) is 6.54 Å². The van der Waals surface area contributed by atoms with Gasteiger partial charge in [0, 0.05) is 22.2 Å². The highest BCUT2D eigenvalue weighted by Crippen LogP contribution is 2.27. The summed E-state index contributed by atoms with van der Waals surface area (Å²) in [5.74, 6) is 0.678. The molecule has 0 fully saturated rings. The number of carbonyl (C=O) groups excluding carboxylic acids is 1. The van der Waals surface area contributed by atoms with E-state index < -0.39 is 0 Å². The summed E-state index contributed by atoms with van der Waals surface area (Å²) in [4.78, 5) is 12.0. The summed E-state index contributed by atoms with van der Waals surface area (Å²) in [5, 5.41) is 2.90. The van der Waals surface area contributed by atoms with Crippen LogP contribution in [-0.2, 0) is 4.79 Å². The largest absolute Gasteiger partial charge is 0.464 e. The number of ether oxygens (including phenoxy) is 1. The Morgan fingerprint density at radius 1 is 1.42 bits per heavy atom. The second-order valence-corrected chi connectivity index (χ2v) is 5.23. The van der Waals surface area contributed by atoms with Crippen LogP contribution in [0, 0.1) is 0 Å². The van der Waals surface area contributed by atoms with Crippen molar-refractivity contribution in [3.63, 3.8) is 0 Å². The Labute approximate surface area is 121 Å². The van der Waals surface area contributed by atoms with E-state index in [1.54, 1.807) is 12.3 Å². The first-order chi connectivity index (χ1) is 9.20. The van der Waals surface area contributed by atoms with Crippen LogP contribution in [0.4, 0.5) is 0 Å². The van der Waals surface area contributed by atoms with Gasteiger partial charge in [-0.3, -0.25) is 4.79 Å². The van der Waals surface area contributed by atoms with Gasteiger partial charge in [0.05, 0.1) is 6.26 Å². The highest BCUT2D eigenvalue weighted by atomic mass is 79.9. The molecule has 1 amide bonds. The lowest BCUT2D eigenvalue weighted by Gasteiger charge is -2.05. The summed E-state index contributed by atoms with van der Waals surface area (Å²) in [6, 6.07) is 5.71. The van der Waals surface area contributed by atoms with Crippen LogP contribution in [0.1, 0.15) is 25.3 Å². The number of halogens is 1. The van der Waals surface area contributed by atoms with Crippen molar-refractivity contribution in [1.29, 1.82) is 0 Å². The monoisotopic (exact) mass is 321 g/mol. The van der Waals surface area contributed by atoms with Crippen LogP contribution in [0.2, 0.25) is 0 Å². The molecule has 1 aromatic carbocycles. The van der Waals surface area contributed by atoms with Gasteiger partial charge in [-0.15, -0.1) is 0 Å². The minimum Gasteiger partial charge on any atom is -0.464 e. The topological polar surface area (TPSA) is 38.3 Å². The third kappa shape index (κ3) is 3.70. The normalized spacial score (nSPS) is 13.1. The van der Waals surface area contributed by atoms with Gasteiger partial charge in [0.25, 0.3) is 5.91 Å². The molecule has 19 heavy (non-hydrogen) atoms. The van der Waals surface area contributed by atoms with E-state index in [2.05, 4.69) is 28.2 Å². The molecule has 2 rings (SSSR count). The van der Waals surface area contributed by atoms with Gasteiger partial charge in [-0.2, -0.15) is 0 Å². The van der Waals surface area contributed by atoms with Crippen LogP contribution < -0.4 is 10.1 Å². The number of hydrogen-bond donors (Lipinski definition) is 1. The van der Waals surface area contributed by atoms with Crippen molar-refractivity contribution in [2.24, 2.45) is 0 Å². The van der Waals surface area contributed by atoms with Crippen LogP contribution in [0.15, 0.2) is 40.6 Å². The minimum absolute atomic E-state index is 0.0684. The van der Waals surface area contributed by atoms with Crippen molar-refractivity contribution in [1.82, 2.24) is 5.32 Å². The smallest absolute Gasteiger partial charge is 0.251 e. The molecule has 0 radical (unpaired) electrons. The third-order valence-corrected chi connectivity index (χ3v) is 3.30. The number of hydrogen-bond acceptors (Lipinski definition) is 2. The SMILES string of the molecule is CCCCNC(=O)C1=Cc2cc(Br)ccc2OC=C1. The molecule has 0 bridgehead atoms. The van der Waals surface area contributed by atoms with Crippen molar-refractivity contribution in [2.45, 2.75) is 19.8 Å². The molecule has 1 aliphatic heterocycles. The van der Waals surface area contributed by atoms with E-state index in [1.807, 2.05) is 24.3 Å². The summed E-state index contributed by atoms with van der Waals surface area (Å²) in [6.07, 6.45) is 7.13. The predicted octanol–water partition coefficient (Wildman–Crippen LogP) is 3.65. The number of rotatable bonds is 4. The molecule has 0 atom stereocenters. The zero-order chi connectivity index (χ0) is 13.7. The molecule has 0 aromatic heterocycles. The average Bonchev–Trinajstić information content (AvgIpc) is 2.60. The molecule has 100 valence electrons. The van der Waals surface area contributed by atoms with Crippen LogP contribution in [0.5, 0.6) is 5.75 Å². The van der Waals surface area contributed by atoms with Gasteiger partial charge in [-0.1, -0.05) is 29.3 Å². The first-order valence-corrected chi connectivity index (χ1v) is 7.12. The number of fused-ring (bicyclic) bond motifs is 1.